The van der Waals surface area contributed by atoms with E-state index in [9.17, 15) is 56.4 Å². The molecular formula is C60H84ClN7O18S. The van der Waals surface area contributed by atoms with Crippen LogP contribution in [0.15, 0.2) is 67.3 Å². The Morgan fingerprint density at radius 3 is 2.20 bits per heavy atom. The number of methoxy groups -OCH3 is 1. The third-order valence-electron chi connectivity index (χ3n) is 14.2. The number of carbonyl (C=O) groups is 10. The Morgan fingerprint density at radius 2 is 1.56 bits per heavy atom. The first-order valence-electron chi connectivity index (χ1n) is 28.8. The molecule has 2 aromatic rings. The molecule has 27 heteroatoms. The van der Waals surface area contributed by atoms with Crippen molar-refractivity contribution in [2.24, 2.45) is 23.2 Å². The van der Waals surface area contributed by atoms with Gasteiger partial charge in [-0.25, -0.2) is 4.79 Å². The van der Waals surface area contributed by atoms with E-state index in [0.29, 0.717) is 21.9 Å². The molecule has 1 saturated heterocycles. The van der Waals surface area contributed by atoms with Gasteiger partial charge in [0.25, 0.3) is 10.1 Å². The summed E-state index contributed by atoms with van der Waals surface area (Å²) in [6.07, 6.45) is 0.151. The predicted molar refractivity (Wildman–Crippen MR) is 318 cm³/mol. The topological polar surface area (TPSA) is 350 Å². The summed E-state index contributed by atoms with van der Waals surface area (Å²) in [5.41, 5.74) is 0.828. The standard InChI is InChI=1S/C60H84ClN7O18S/c1-11-28-83-51(73)24-27-68(50(72)22-21-47(69)62-25-29-87(79,80)81)26-23-49(71)67-52(36(4)5)57(76)65-38(7)55(74)63-33-39-15-18-41(19-16-39)54-53(86-54)37(6)44-13-12-14-48(70)66-43(32-40-17-20-45(82-10)42(61)31-40)56(75)64-34-60(8,9)59(78)85-46(30-35(2)3)58(77)84-44/h11-12,14-20,31,35-38,43-44,46,52-54H,1,13,21-30,32-34H2,2-10H3,(H,62,69)(H,63,74)(H,64,75)(H,65,76)(H,66,70)(H,67,71)(H,79,80,81)/b14-12+/t37-,38-,43?,44-,46-,52-,53+,54+/m0/s1. The van der Waals surface area contributed by atoms with Crippen molar-refractivity contribution in [1.82, 2.24) is 36.8 Å². The predicted octanol–water partition coefficient (Wildman–Crippen LogP) is 3.51. The van der Waals surface area contributed by atoms with Crippen LogP contribution in [0.4, 0.5) is 0 Å². The molecule has 2 aliphatic heterocycles. The van der Waals surface area contributed by atoms with Crippen LogP contribution in [-0.4, -0.2) is 159 Å². The number of nitrogens with zero attached hydrogens (tertiary/aromatic N) is 1. The number of ether oxygens (including phenoxy) is 5. The molecule has 25 nitrogen and oxygen atoms in total. The Bertz CT molecular complexity index is 2920. The van der Waals surface area contributed by atoms with Crippen molar-refractivity contribution in [1.29, 1.82) is 0 Å². The van der Waals surface area contributed by atoms with Crippen LogP contribution in [0.2, 0.25) is 5.02 Å². The van der Waals surface area contributed by atoms with Gasteiger partial charge in [0.1, 0.15) is 42.7 Å². The highest BCUT2D eigenvalue weighted by Crippen LogP contribution is 2.45. The monoisotopic (exact) mass is 1260 g/mol. The van der Waals surface area contributed by atoms with E-state index >= 15 is 0 Å². The number of epoxide rings is 1. The van der Waals surface area contributed by atoms with E-state index in [0.717, 1.165) is 5.56 Å². The summed E-state index contributed by atoms with van der Waals surface area (Å²) in [7, 11) is -2.85. The normalized spacial score (nSPS) is 20.4. The second-order valence-electron chi connectivity index (χ2n) is 22.8. The molecule has 480 valence electrons. The minimum absolute atomic E-state index is 0.0526. The second kappa shape index (κ2) is 34.2. The van der Waals surface area contributed by atoms with Crippen LogP contribution >= 0.6 is 11.6 Å². The van der Waals surface area contributed by atoms with Gasteiger partial charge >= 0.3 is 17.9 Å². The summed E-state index contributed by atoms with van der Waals surface area (Å²) >= 11 is 6.38. The quantitative estimate of drug-likeness (QED) is 0.0201. The summed E-state index contributed by atoms with van der Waals surface area (Å²) in [5.74, 6) is -7.67. The van der Waals surface area contributed by atoms with Crippen molar-refractivity contribution in [2.75, 3.05) is 45.6 Å². The molecule has 0 aromatic heterocycles. The molecule has 1 unspecified atom stereocenters. The zero-order chi connectivity index (χ0) is 64.8. The number of halogens is 1. The van der Waals surface area contributed by atoms with E-state index in [1.54, 1.807) is 58.0 Å². The first kappa shape index (κ1) is 72.1. The van der Waals surface area contributed by atoms with Crippen molar-refractivity contribution in [3.05, 3.63) is 89.0 Å². The molecule has 8 atom stereocenters. The van der Waals surface area contributed by atoms with Gasteiger partial charge in [0.15, 0.2) is 6.10 Å². The fourth-order valence-corrected chi connectivity index (χ4v) is 9.61. The Kier molecular flexibility index (Phi) is 28.3. The van der Waals surface area contributed by atoms with Crippen molar-refractivity contribution in [3.63, 3.8) is 0 Å². The lowest BCUT2D eigenvalue weighted by atomic mass is 9.92. The number of cyclic esters (lactones) is 2. The number of nitrogens with one attached hydrogen (secondary N) is 6. The first-order chi connectivity index (χ1) is 40.9. The highest BCUT2D eigenvalue weighted by molar-refractivity contribution is 7.85. The Hall–Kier alpha value is -7.42. The fourth-order valence-electron chi connectivity index (χ4n) is 8.97. The van der Waals surface area contributed by atoms with Gasteiger partial charge in [-0.2, -0.15) is 8.42 Å². The van der Waals surface area contributed by atoms with Gasteiger partial charge in [0, 0.05) is 70.7 Å². The number of hydrogen-bond acceptors (Lipinski definition) is 17. The van der Waals surface area contributed by atoms with Crippen molar-refractivity contribution < 1.29 is 84.6 Å². The summed E-state index contributed by atoms with van der Waals surface area (Å²) in [6.45, 7) is 16.1. The average Bonchev–Trinajstić information content (AvgIpc) is 1.80. The molecule has 7 N–H and O–H groups in total. The lowest BCUT2D eigenvalue weighted by Gasteiger charge is -2.29. The van der Waals surface area contributed by atoms with Gasteiger partial charge < -0.3 is 60.5 Å². The maximum atomic E-state index is 14.0. The Labute approximate surface area is 513 Å². The van der Waals surface area contributed by atoms with E-state index in [-0.39, 0.29) is 90.2 Å². The Balaban J connectivity index is 1.37. The summed E-state index contributed by atoms with van der Waals surface area (Å²) < 4.78 is 59.2. The van der Waals surface area contributed by atoms with Crippen molar-refractivity contribution in [2.45, 2.75) is 149 Å². The lowest BCUT2D eigenvalue weighted by Crippen LogP contribution is -2.54. The number of amides is 7. The van der Waals surface area contributed by atoms with Gasteiger partial charge in [-0.15, -0.1) is 0 Å². The van der Waals surface area contributed by atoms with Gasteiger partial charge in [0.05, 0.1) is 35.8 Å². The Morgan fingerprint density at radius 1 is 0.885 bits per heavy atom. The summed E-state index contributed by atoms with van der Waals surface area (Å²) in [4.78, 5) is 134. The van der Waals surface area contributed by atoms with Gasteiger partial charge in [-0.1, -0.05) is 95.3 Å². The van der Waals surface area contributed by atoms with Crippen LogP contribution in [0.25, 0.3) is 0 Å². The fraction of sp³-hybridized carbons (Fsp3) is 0.567. The number of carbonyl (C=O) groups excluding carboxylic acids is 10. The zero-order valence-electron chi connectivity index (χ0n) is 50.8. The van der Waals surface area contributed by atoms with E-state index < -0.39 is 135 Å². The molecule has 1 fully saturated rings. The van der Waals surface area contributed by atoms with Crippen LogP contribution in [0.5, 0.6) is 5.75 Å². The van der Waals surface area contributed by atoms with E-state index in [4.69, 9.17) is 39.8 Å². The molecule has 0 aliphatic carbocycles. The van der Waals surface area contributed by atoms with Crippen molar-refractivity contribution in [3.8, 4) is 5.75 Å². The maximum absolute atomic E-state index is 14.0. The van der Waals surface area contributed by atoms with Crippen molar-refractivity contribution >= 4 is 81.0 Å². The highest BCUT2D eigenvalue weighted by atomic mass is 35.5. The summed E-state index contributed by atoms with van der Waals surface area (Å²) in [6, 6.07) is 9.01. The number of hydrogen-bond donors (Lipinski definition) is 7. The second-order valence-corrected chi connectivity index (χ2v) is 24.8. The van der Waals surface area contributed by atoms with Crippen LogP contribution in [0.1, 0.15) is 117 Å². The first-order valence-corrected chi connectivity index (χ1v) is 30.8. The van der Waals surface area contributed by atoms with E-state index in [2.05, 4.69) is 38.5 Å². The van der Waals surface area contributed by atoms with Gasteiger partial charge in [-0.3, -0.25) is 47.7 Å². The molecule has 7 amide bonds. The molecule has 4 rings (SSSR count). The molecule has 2 aliphatic rings. The molecule has 0 radical (unpaired) electrons. The van der Waals surface area contributed by atoms with Gasteiger partial charge in [0.2, 0.25) is 41.4 Å². The van der Waals surface area contributed by atoms with Crippen LogP contribution in [0.3, 0.4) is 0 Å². The molecule has 2 heterocycles. The third kappa shape index (κ3) is 24.7. The molecule has 2 aromatic carbocycles. The van der Waals surface area contributed by atoms with Gasteiger partial charge in [-0.05, 0) is 73.9 Å². The van der Waals surface area contributed by atoms with Crippen LogP contribution in [-0.2, 0) is 90.0 Å². The smallest absolute Gasteiger partial charge is 0.347 e. The molecule has 87 heavy (non-hydrogen) atoms. The maximum Gasteiger partial charge on any atom is 0.347 e. The number of esters is 3. The lowest BCUT2D eigenvalue weighted by molar-refractivity contribution is -0.179. The summed E-state index contributed by atoms with van der Waals surface area (Å²) in [5, 5.41) is 16.2. The zero-order valence-corrected chi connectivity index (χ0v) is 52.3. The minimum Gasteiger partial charge on any atom is -0.495 e. The average molecular weight is 1260 g/mol. The highest BCUT2D eigenvalue weighted by Gasteiger charge is 2.48. The largest absolute Gasteiger partial charge is 0.495 e. The van der Waals surface area contributed by atoms with Crippen LogP contribution < -0.4 is 36.6 Å². The molecular weight excluding hydrogens is 1170 g/mol. The third-order valence-corrected chi connectivity index (χ3v) is 15.2. The molecule has 0 bridgehead atoms. The number of rotatable bonds is 29. The number of benzene rings is 2. The minimum atomic E-state index is -4.32. The molecule has 0 spiro atoms. The van der Waals surface area contributed by atoms with E-state index in [1.165, 1.54) is 37.2 Å². The molecule has 0 saturated carbocycles. The van der Waals surface area contributed by atoms with Crippen LogP contribution in [0, 0.1) is 23.2 Å². The SMILES string of the molecule is C=CCOC(=O)CCN(CCC(=O)N[C@H](C(=O)N[C@@H](C)C(=O)NCc1ccc([C@H]2O[C@@H]2[C@@H](C)[C@@H]2C/C=C/C(=O)NC(Cc3ccc(OC)c(Cl)c3)C(=O)NCC(C)(C)C(=O)O[C@@H](CC(C)C)C(=O)O2)cc1)C(C)C)C(=O)CCC(=O)NCCS(=O)(=O)O. The van der Waals surface area contributed by atoms with E-state index in [1.807, 2.05) is 32.9 Å².